The Balaban J connectivity index is 1.36. The summed E-state index contributed by atoms with van der Waals surface area (Å²) in [6.07, 6.45) is 3.57. The van der Waals surface area contributed by atoms with Gasteiger partial charge in [-0.2, -0.15) is 0 Å². The lowest BCUT2D eigenvalue weighted by Gasteiger charge is -2.26. The minimum Gasteiger partial charge on any atom is -0.493 e. The Bertz CT molecular complexity index is 1050. The van der Waals surface area contributed by atoms with Crippen molar-refractivity contribution in [3.05, 3.63) is 83.6 Å². The van der Waals surface area contributed by atoms with Gasteiger partial charge in [0.15, 0.2) is 0 Å². The largest absolute Gasteiger partial charge is 0.493 e. The molecule has 0 bridgehead atoms. The van der Waals surface area contributed by atoms with Gasteiger partial charge in [-0.05, 0) is 48.2 Å². The van der Waals surface area contributed by atoms with Crippen LogP contribution in [0.15, 0.2) is 66.9 Å². The minimum atomic E-state index is -0.00192. The van der Waals surface area contributed by atoms with Crippen molar-refractivity contribution in [2.75, 3.05) is 29.9 Å². The summed E-state index contributed by atoms with van der Waals surface area (Å²) < 4.78 is 5.76. The molecule has 5 rings (SSSR count). The number of carbonyl (C=O) groups is 1. The van der Waals surface area contributed by atoms with Crippen LogP contribution in [-0.2, 0) is 6.42 Å². The number of ether oxygens (including phenoxy) is 1. The summed E-state index contributed by atoms with van der Waals surface area (Å²) >= 11 is 0. The molecule has 1 unspecified atom stereocenters. The number of pyridine rings is 1. The summed E-state index contributed by atoms with van der Waals surface area (Å²) in [5.41, 5.74) is 4.05. The van der Waals surface area contributed by atoms with E-state index in [0.29, 0.717) is 37.0 Å². The van der Waals surface area contributed by atoms with Crippen LogP contribution in [-0.4, -0.2) is 30.6 Å². The summed E-state index contributed by atoms with van der Waals surface area (Å²) in [4.78, 5) is 19.6. The van der Waals surface area contributed by atoms with Crippen LogP contribution >= 0.6 is 0 Å². The van der Waals surface area contributed by atoms with Crippen molar-refractivity contribution >= 4 is 17.4 Å². The average molecular weight is 385 g/mol. The highest BCUT2D eigenvalue weighted by Crippen LogP contribution is 2.34. The van der Waals surface area contributed by atoms with E-state index in [2.05, 4.69) is 22.4 Å². The summed E-state index contributed by atoms with van der Waals surface area (Å²) in [5.74, 6) is 1.93. The molecule has 0 saturated heterocycles. The predicted molar refractivity (Wildman–Crippen MR) is 114 cm³/mol. The SMILES string of the molecule is O=C(c1cccnc1NCC1CCOc2ccccc21)N1CCc2ccccc21. The van der Waals surface area contributed by atoms with Crippen LogP contribution in [0.4, 0.5) is 11.5 Å². The van der Waals surface area contributed by atoms with E-state index >= 15 is 0 Å². The Labute approximate surface area is 170 Å². The summed E-state index contributed by atoms with van der Waals surface area (Å²) in [5, 5.41) is 3.44. The molecule has 0 fully saturated rings. The van der Waals surface area contributed by atoms with Gasteiger partial charge in [0.25, 0.3) is 5.91 Å². The molecule has 146 valence electrons. The zero-order valence-corrected chi connectivity index (χ0v) is 16.2. The van der Waals surface area contributed by atoms with E-state index in [1.165, 1.54) is 11.1 Å². The second-order valence-electron chi connectivity index (χ2n) is 7.49. The number of anilines is 2. The molecule has 3 aromatic rings. The van der Waals surface area contributed by atoms with E-state index in [9.17, 15) is 4.79 Å². The van der Waals surface area contributed by atoms with Crippen LogP contribution in [0, 0.1) is 0 Å². The van der Waals surface area contributed by atoms with E-state index in [1.807, 2.05) is 53.4 Å². The summed E-state index contributed by atoms with van der Waals surface area (Å²) in [6, 6.07) is 20.0. The molecule has 0 spiro atoms. The Morgan fingerprint density at radius 3 is 2.93 bits per heavy atom. The maximum atomic E-state index is 13.3. The first-order valence-corrected chi connectivity index (χ1v) is 10.1. The number of aromatic nitrogens is 1. The predicted octanol–water partition coefficient (Wildman–Crippen LogP) is 4.26. The number of rotatable bonds is 4. The molecule has 29 heavy (non-hydrogen) atoms. The lowest BCUT2D eigenvalue weighted by atomic mass is 9.93. The van der Waals surface area contributed by atoms with Gasteiger partial charge in [0.2, 0.25) is 0 Å². The molecule has 5 heteroatoms. The maximum Gasteiger partial charge on any atom is 0.262 e. The molecule has 2 aliphatic rings. The van der Waals surface area contributed by atoms with Crippen LogP contribution in [0.25, 0.3) is 0 Å². The number of para-hydroxylation sites is 2. The minimum absolute atomic E-state index is 0.00192. The third-order valence-corrected chi connectivity index (χ3v) is 5.77. The maximum absolute atomic E-state index is 13.3. The first-order valence-electron chi connectivity index (χ1n) is 10.1. The van der Waals surface area contributed by atoms with Gasteiger partial charge in [0.05, 0.1) is 12.2 Å². The number of carbonyl (C=O) groups excluding carboxylic acids is 1. The van der Waals surface area contributed by atoms with Gasteiger partial charge >= 0.3 is 0 Å². The van der Waals surface area contributed by atoms with Gasteiger partial charge in [-0.15, -0.1) is 0 Å². The van der Waals surface area contributed by atoms with E-state index in [0.717, 1.165) is 24.3 Å². The monoisotopic (exact) mass is 385 g/mol. The lowest BCUT2D eigenvalue weighted by molar-refractivity contribution is 0.0990. The normalized spacial score (nSPS) is 17.2. The molecule has 0 saturated carbocycles. The highest BCUT2D eigenvalue weighted by molar-refractivity contribution is 6.10. The van der Waals surface area contributed by atoms with Gasteiger partial charge in [-0.1, -0.05) is 36.4 Å². The fourth-order valence-corrected chi connectivity index (χ4v) is 4.26. The van der Waals surface area contributed by atoms with Crippen LogP contribution in [0.3, 0.4) is 0 Å². The Morgan fingerprint density at radius 2 is 1.97 bits per heavy atom. The summed E-state index contributed by atoms with van der Waals surface area (Å²) in [6.45, 7) is 2.13. The third-order valence-electron chi connectivity index (χ3n) is 5.77. The first kappa shape index (κ1) is 17.7. The molecule has 1 amide bonds. The zero-order valence-electron chi connectivity index (χ0n) is 16.2. The molecule has 1 aromatic heterocycles. The molecular weight excluding hydrogens is 362 g/mol. The number of hydrogen-bond acceptors (Lipinski definition) is 4. The standard InChI is InChI=1S/C24H23N3O2/c28-24(27-14-11-17-6-1-3-9-21(17)27)20-8-5-13-25-23(20)26-16-18-12-15-29-22-10-4-2-7-19(18)22/h1-10,13,18H,11-12,14-16H2,(H,25,26). The third kappa shape index (κ3) is 3.33. The Hall–Kier alpha value is -3.34. The van der Waals surface area contributed by atoms with Crippen molar-refractivity contribution in [3.63, 3.8) is 0 Å². The molecule has 5 nitrogen and oxygen atoms in total. The quantitative estimate of drug-likeness (QED) is 0.729. The zero-order chi connectivity index (χ0) is 19.6. The number of amides is 1. The van der Waals surface area contributed by atoms with Gasteiger partial charge in [-0.3, -0.25) is 4.79 Å². The average Bonchev–Trinajstić information content (AvgIpc) is 3.21. The number of hydrogen-bond donors (Lipinski definition) is 1. The molecule has 1 atom stereocenters. The molecule has 2 aliphatic heterocycles. The van der Waals surface area contributed by atoms with Crippen molar-refractivity contribution in [2.45, 2.75) is 18.8 Å². The molecule has 0 aliphatic carbocycles. The van der Waals surface area contributed by atoms with E-state index < -0.39 is 0 Å². The molecule has 3 heterocycles. The first-order chi connectivity index (χ1) is 14.3. The van der Waals surface area contributed by atoms with Crippen LogP contribution in [0.2, 0.25) is 0 Å². The topological polar surface area (TPSA) is 54.5 Å². The number of nitrogens with zero attached hydrogens (tertiary/aromatic N) is 2. The molecular formula is C24H23N3O2. The van der Waals surface area contributed by atoms with Gasteiger partial charge < -0.3 is 15.0 Å². The smallest absolute Gasteiger partial charge is 0.262 e. The fourth-order valence-electron chi connectivity index (χ4n) is 4.26. The molecule has 2 aromatic carbocycles. The molecule has 0 radical (unpaired) electrons. The van der Waals surface area contributed by atoms with Gasteiger partial charge in [0, 0.05) is 30.9 Å². The van der Waals surface area contributed by atoms with Crippen LogP contribution in [0.5, 0.6) is 5.75 Å². The van der Waals surface area contributed by atoms with Crippen molar-refractivity contribution in [3.8, 4) is 5.75 Å². The lowest BCUT2D eigenvalue weighted by Crippen LogP contribution is -2.30. The fraction of sp³-hybridized carbons (Fsp3) is 0.250. The second-order valence-corrected chi connectivity index (χ2v) is 7.49. The molecule has 1 N–H and O–H groups in total. The number of nitrogens with one attached hydrogen (secondary N) is 1. The van der Waals surface area contributed by atoms with Crippen molar-refractivity contribution in [1.29, 1.82) is 0 Å². The highest BCUT2D eigenvalue weighted by Gasteiger charge is 2.27. The summed E-state index contributed by atoms with van der Waals surface area (Å²) in [7, 11) is 0. The Kier molecular flexibility index (Phi) is 4.64. The van der Waals surface area contributed by atoms with E-state index in [-0.39, 0.29) is 5.91 Å². The van der Waals surface area contributed by atoms with Crippen LogP contribution in [0.1, 0.15) is 33.8 Å². The second kappa shape index (κ2) is 7.59. The number of fused-ring (bicyclic) bond motifs is 2. The van der Waals surface area contributed by atoms with Crippen molar-refractivity contribution in [2.24, 2.45) is 0 Å². The Morgan fingerprint density at radius 1 is 1.10 bits per heavy atom. The highest BCUT2D eigenvalue weighted by atomic mass is 16.5. The van der Waals surface area contributed by atoms with Crippen LogP contribution < -0.4 is 15.0 Å². The van der Waals surface area contributed by atoms with E-state index in [1.54, 1.807) is 6.20 Å². The van der Waals surface area contributed by atoms with Gasteiger partial charge in [-0.25, -0.2) is 4.98 Å². The van der Waals surface area contributed by atoms with Gasteiger partial charge in [0.1, 0.15) is 11.6 Å². The van der Waals surface area contributed by atoms with Crippen molar-refractivity contribution in [1.82, 2.24) is 4.98 Å². The van der Waals surface area contributed by atoms with Crippen molar-refractivity contribution < 1.29 is 9.53 Å². The van der Waals surface area contributed by atoms with E-state index in [4.69, 9.17) is 4.74 Å². The number of benzene rings is 2.